The van der Waals surface area contributed by atoms with Crippen LogP contribution in [-0.4, -0.2) is 5.91 Å². The van der Waals surface area contributed by atoms with Crippen LogP contribution in [0.1, 0.15) is 25.5 Å². The smallest absolute Gasteiger partial charge is 0.221 e. The van der Waals surface area contributed by atoms with Gasteiger partial charge in [0.2, 0.25) is 5.91 Å². The van der Waals surface area contributed by atoms with Crippen LogP contribution in [0.2, 0.25) is 8.67 Å². The number of anilines is 2. The third kappa shape index (κ3) is 3.88. The Balaban J connectivity index is 2.13. The molecular formula is C14H14Cl2N2OS. The molecule has 0 aliphatic carbocycles. The molecule has 0 aliphatic rings. The van der Waals surface area contributed by atoms with Crippen LogP contribution < -0.4 is 10.6 Å². The van der Waals surface area contributed by atoms with E-state index in [-0.39, 0.29) is 11.9 Å². The van der Waals surface area contributed by atoms with Gasteiger partial charge in [-0.1, -0.05) is 29.3 Å². The zero-order valence-corrected chi connectivity index (χ0v) is 13.4. The molecule has 2 N–H and O–H groups in total. The van der Waals surface area contributed by atoms with E-state index < -0.39 is 0 Å². The van der Waals surface area contributed by atoms with E-state index in [1.807, 2.05) is 37.3 Å². The first-order valence-corrected chi connectivity index (χ1v) is 7.62. The standard InChI is InChI=1S/C14H14Cl2N2OS/c1-8(12-7-13(15)20-14(12)16)17-10-4-3-5-11(6-10)18-9(2)19/h3-8,17H,1-2H3,(H,18,19). The Hall–Kier alpha value is -1.23. The van der Waals surface area contributed by atoms with Gasteiger partial charge in [0.15, 0.2) is 0 Å². The maximum atomic E-state index is 11.1. The van der Waals surface area contributed by atoms with Gasteiger partial charge in [0, 0.05) is 23.9 Å². The third-order valence-corrected chi connectivity index (χ3v) is 4.23. The second-order valence-corrected chi connectivity index (χ2v) is 6.69. The second-order valence-electron chi connectivity index (χ2n) is 4.41. The molecule has 1 amide bonds. The Morgan fingerprint density at radius 3 is 2.55 bits per heavy atom. The quantitative estimate of drug-likeness (QED) is 0.811. The topological polar surface area (TPSA) is 41.1 Å². The van der Waals surface area contributed by atoms with Gasteiger partial charge in [0.05, 0.1) is 14.7 Å². The molecule has 2 rings (SSSR count). The van der Waals surface area contributed by atoms with Gasteiger partial charge in [-0.15, -0.1) is 11.3 Å². The van der Waals surface area contributed by atoms with Crippen molar-refractivity contribution in [3.05, 3.63) is 44.6 Å². The Morgan fingerprint density at radius 2 is 1.95 bits per heavy atom. The first kappa shape index (κ1) is 15.2. The predicted molar refractivity (Wildman–Crippen MR) is 87.1 cm³/mol. The zero-order valence-electron chi connectivity index (χ0n) is 11.0. The molecule has 6 heteroatoms. The molecule has 106 valence electrons. The average Bonchev–Trinajstić information content (AvgIpc) is 2.68. The van der Waals surface area contributed by atoms with Crippen molar-refractivity contribution < 1.29 is 4.79 Å². The summed E-state index contributed by atoms with van der Waals surface area (Å²) < 4.78 is 1.36. The highest BCUT2D eigenvalue weighted by atomic mass is 35.5. The van der Waals surface area contributed by atoms with E-state index in [9.17, 15) is 4.79 Å². The lowest BCUT2D eigenvalue weighted by molar-refractivity contribution is -0.114. The molecule has 20 heavy (non-hydrogen) atoms. The highest BCUT2D eigenvalue weighted by molar-refractivity contribution is 7.20. The first-order chi connectivity index (χ1) is 9.45. The van der Waals surface area contributed by atoms with Gasteiger partial charge in [-0.2, -0.15) is 0 Å². The maximum absolute atomic E-state index is 11.1. The van der Waals surface area contributed by atoms with Gasteiger partial charge in [-0.3, -0.25) is 4.79 Å². The van der Waals surface area contributed by atoms with Crippen molar-refractivity contribution in [1.82, 2.24) is 0 Å². The largest absolute Gasteiger partial charge is 0.378 e. The number of halogens is 2. The van der Waals surface area contributed by atoms with E-state index in [4.69, 9.17) is 23.2 Å². The number of amides is 1. The molecule has 2 aromatic rings. The van der Waals surface area contributed by atoms with Crippen molar-refractivity contribution in [1.29, 1.82) is 0 Å². The molecule has 0 saturated carbocycles. The number of carbonyl (C=O) groups is 1. The highest BCUT2D eigenvalue weighted by Gasteiger charge is 2.13. The van der Waals surface area contributed by atoms with Crippen molar-refractivity contribution in [3.63, 3.8) is 0 Å². The molecular weight excluding hydrogens is 315 g/mol. The summed E-state index contributed by atoms with van der Waals surface area (Å²) >= 11 is 13.5. The summed E-state index contributed by atoms with van der Waals surface area (Å²) in [6.07, 6.45) is 0. The number of thiophene rings is 1. The van der Waals surface area contributed by atoms with Crippen LogP contribution in [0, 0.1) is 0 Å². The van der Waals surface area contributed by atoms with E-state index in [1.54, 1.807) is 0 Å². The Morgan fingerprint density at radius 1 is 1.25 bits per heavy atom. The van der Waals surface area contributed by atoms with Crippen molar-refractivity contribution in [2.75, 3.05) is 10.6 Å². The number of rotatable bonds is 4. The van der Waals surface area contributed by atoms with E-state index in [2.05, 4.69) is 10.6 Å². The first-order valence-electron chi connectivity index (χ1n) is 6.04. The predicted octanol–water partition coefficient (Wildman–Crippen LogP) is 5.19. The van der Waals surface area contributed by atoms with Crippen LogP contribution in [0.15, 0.2) is 30.3 Å². The fraction of sp³-hybridized carbons (Fsp3) is 0.214. The van der Waals surface area contributed by atoms with Crippen molar-refractivity contribution >= 4 is 51.8 Å². The molecule has 1 aromatic heterocycles. The molecule has 0 spiro atoms. The zero-order chi connectivity index (χ0) is 14.7. The number of carbonyl (C=O) groups excluding carboxylic acids is 1. The summed E-state index contributed by atoms with van der Waals surface area (Å²) in [6.45, 7) is 3.49. The molecule has 0 radical (unpaired) electrons. The lowest BCUT2D eigenvalue weighted by Gasteiger charge is -2.15. The van der Waals surface area contributed by atoms with Crippen molar-refractivity contribution in [3.8, 4) is 0 Å². The minimum absolute atomic E-state index is 0.0267. The summed E-state index contributed by atoms with van der Waals surface area (Å²) in [5.41, 5.74) is 2.62. The van der Waals surface area contributed by atoms with Crippen molar-refractivity contribution in [2.24, 2.45) is 0 Å². The minimum Gasteiger partial charge on any atom is -0.378 e. The van der Waals surface area contributed by atoms with E-state index in [1.165, 1.54) is 18.3 Å². The second kappa shape index (κ2) is 6.48. The van der Waals surface area contributed by atoms with Crippen LogP contribution in [0.4, 0.5) is 11.4 Å². The molecule has 0 bridgehead atoms. The molecule has 0 aliphatic heterocycles. The van der Waals surface area contributed by atoms with E-state index in [0.717, 1.165) is 16.9 Å². The monoisotopic (exact) mass is 328 g/mol. The van der Waals surface area contributed by atoms with Crippen LogP contribution in [0.3, 0.4) is 0 Å². The van der Waals surface area contributed by atoms with Gasteiger partial charge in [0.1, 0.15) is 0 Å². The SMILES string of the molecule is CC(=O)Nc1cccc(NC(C)c2cc(Cl)sc2Cl)c1. The van der Waals surface area contributed by atoms with Gasteiger partial charge in [0.25, 0.3) is 0 Å². The fourth-order valence-electron chi connectivity index (χ4n) is 1.87. The lowest BCUT2D eigenvalue weighted by Crippen LogP contribution is -2.08. The number of hydrogen-bond donors (Lipinski definition) is 2. The summed E-state index contributed by atoms with van der Waals surface area (Å²) in [5.74, 6) is -0.0946. The van der Waals surface area contributed by atoms with Crippen molar-refractivity contribution in [2.45, 2.75) is 19.9 Å². The van der Waals surface area contributed by atoms with Gasteiger partial charge < -0.3 is 10.6 Å². The average molecular weight is 329 g/mol. The summed E-state index contributed by atoms with van der Waals surface area (Å²) in [4.78, 5) is 11.1. The molecule has 1 atom stereocenters. The van der Waals surface area contributed by atoms with E-state index in [0.29, 0.717) is 8.67 Å². The molecule has 0 saturated heterocycles. The summed E-state index contributed by atoms with van der Waals surface area (Å²) in [5, 5.41) is 6.09. The van der Waals surface area contributed by atoms with Crippen LogP contribution in [0.25, 0.3) is 0 Å². The minimum atomic E-state index is -0.0946. The normalized spacial score (nSPS) is 12.0. The van der Waals surface area contributed by atoms with Gasteiger partial charge in [-0.05, 0) is 31.2 Å². The third-order valence-electron chi connectivity index (χ3n) is 2.72. The number of benzene rings is 1. The van der Waals surface area contributed by atoms with Crippen LogP contribution >= 0.6 is 34.5 Å². The molecule has 1 heterocycles. The molecule has 1 unspecified atom stereocenters. The van der Waals surface area contributed by atoms with E-state index >= 15 is 0 Å². The maximum Gasteiger partial charge on any atom is 0.221 e. The van der Waals surface area contributed by atoms with Crippen LogP contribution in [0.5, 0.6) is 0 Å². The summed E-state index contributed by atoms with van der Waals surface area (Å²) in [7, 11) is 0. The Labute approximate surface area is 131 Å². The lowest BCUT2D eigenvalue weighted by atomic mass is 10.1. The van der Waals surface area contributed by atoms with Crippen LogP contribution in [-0.2, 0) is 4.79 Å². The number of hydrogen-bond acceptors (Lipinski definition) is 3. The van der Waals surface area contributed by atoms with Gasteiger partial charge in [-0.25, -0.2) is 0 Å². The fourth-order valence-corrected chi connectivity index (χ4v) is 3.51. The number of nitrogens with one attached hydrogen (secondary N) is 2. The Bertz CT molecular complexity index is 627. The molecule has 1 aromatic carbocycles. The highest BCUT2D eigenvalue weighted by Crippen LogP contribution is 2.36. The molecule has 3 nitrogen and oxygen atoms in total. The Kier molecular flexibility index (Phi) is 4.91. The molecule has 0 fully saturated rings. The summed E-state index contributed by atoms with van der Waals surface area (Å²) in [6, 6.07) is 9.42. The van der Waals surface area contributed by atoms with Gasteiger partial charge >= 0.3 is 0 Å².